The molecule has 2 rings (SSSR count). The van der Waals surface area contributed by atoms with Crippen LogP contribution in [0.3, 0.4) is 0 Å². The van der Waals surface area contributed by atoms with Crippen LogP contribution in [0.2, 0.25) is 5.02 Å². The Morgan fingerprint density at radius 3 is 2.50 bits per heavy atom. The Bertz CT molecular complexity index is 747. The van der Waals surface area contributed by atoms with Gasteiger partial charge >= 0.3 is 11.9 Å². The fraction of sp³-hybridized carbons (Fsp3) is 0.300. The molecule has 5 nitrogen and oxygen atoms in total. The molecule has 1 N–H and O–H groups in total. The van der Waals surface area contributed by atoms with E-state index in [9.17, 15) is 9.59 Å². The molecule has 6 heteroatoms. The summed E-state index contributed by atoms with van der Waals surface area (Å²) in [6, 6.07) is 7.30. The SMILES string of the molecule is CCC(C)C1(C)OC(=O)C(=C/C=C/C=C/Nc2cccc(Cl)c2)C(=O)O1. The van der Waals surface area contributed by atoms with Crippen LogP contribution in [0.4, 0.5) is 5.69 Å². The second kappa shape index (κ2) is 8.72. The van der Waals surface area contributed by atoms with E-state index in [2.05, 4.69) is 5.32 Å². The van der Waals surface area contributed by atoms with Gasteiger partial charge in [0, 0.05) is 29.8 Å². The number of nitrogens with one attached hydrogen (secondary N) is 1. The summed E-state index contributed by atoms with van der Waals surface area (Å²) in [6.45, 7) is 5.41. The Morgan fingerprint density at radius 2 is 1.88 bits per heavy atom. The first-order chi connectivity index (χ1) is 12.4. The van der Waals surface area contributed by atoms with Crippen LogP contribution in [-0.4, -0.2) is 17.7 Å². The molecule has 1 aliphatic heterocycles. The summed E-state index contributed by atoms with van der Waals surface area (Å²) in [5.74, 6) is -2.65. The third-order valence-electron chi connectivity index (χ3n) is 4.19. The second-order valence-electron chi connectivity index (χ2n) is 6.08. The summed E-state index contributed by atoms with van der Waals surface area (Å²) in [4.78, 5) is 24.2. The largest absolute Gasteiger partial charge is 0.419 e. The highest BCUT2D eigenvalue weighted by Gasteiger charge is 2.45. The molecule has 0 aliphatic carbocycles. The summed E-state index contributed by atoms with van der Waals surface area (Å²) in [5.41, 5.74) is 0.725. The van der Waals surface area contributed by atoms with Crippen LogP contribution >= 0.6 is 11.6 Å². The number of carbonyl (C=O) groups excluding carboxylic acids is 2. The highest BCUT2D eigenvalue weighted by atomic mass is 35.5. The lowest BCUT2D eigenvalue weighted by Gasteiger charge is -2.37. The van der Waals surface area contributed by atoms with Gasteiger partial charge in [0.1, 0.15) is 5.57 Å². The zero-order valence-electron chi connectivity index (χ0n) is 15.0. The summed E-state index contributed by atoms with van der Waals surface area (Å²) >= 11 is 5.90. The topological polar surface area (TPSA) is 64.6 Å². The number of ether oxygens (including phenoxy) is 2. The normalized spacial score (nSPS) is 21.6. The molecule has 0 radical (unpaired) electrons. The minimum Gasteiger partial charge on any atom is -0.419 e. The number of halogens is 1. The van der Waals surface area contributed by atoms with Gasteiger partial charge in [-0.3, -0.25) is 0 Å². The van der Waals surface area contributed by atoms with Gasteiger partial charge in [-0.15, -0.1) is 0 Å². The molecule has 1 unspecified atom stereocenters. The maximum absolute atomic E-state index is 12.1. The molecule has 1 aromatic rings. The maximum Gasteiger partial charge on any atom is 0.348 e. The third kappa shape index (κ3) is 4.99. The predicted octanol–water partition coefficient (Wildman–Crippen LogP) is 4.61. The molecule has 0 bridgehead atoms. The van der Waals surface area contributed by atoms with Crippen LogP contribution in [0.15, 0.2) is 60.3 Å². The molecular formula is C20H22ClNO4. The van der Waals surface area contributed by atoms with E-state index in [4.69, 9.17) is 21.1 Å². The van der Waals surface area contributed by atoms with Crippen LogP contribution in [0, 0.1) is 5.92 Å². The van der Waals surface area contributed by atoms with E-state index in [1.54, 1.807) is 43.5 Å². The first-order valence-electron chi connectivity index (χ1n) is 8.38. The molecule has 1 aromatic carbocycles. The monoisotopic (exact) mass is 375 g/mol. The zero-order valence-corrected chi connectivity index (χ0v) is 15.7. The van der Waals surface area contributed by atoms with Gasteiger partial charge in [0.25, 0.3) is 5.79 Å². The van der Waals surface area contributed by atoms with Crippen molar-refractivity contribution < 1.29 is 19.1 Å². The van der Waals surface area contributed by atoms with Gasteiger partial charge in [-0.1, -0.05) is 43.7 Å². The molecular weight excluding hydrogens is 354 g/mol. The van der Waals surface area contributed by atoms with Gasteiger partial charge in [0.15, 0.2) is 0 Å². The van der Waals surface area contributed by atoms with Crippen molar-refractivity contribution in [2.75, 3.05) is 5.32 Å². The van der Waals surface area contributed by atoms with Crippen molar-refractivity contribution in [3.05, 3.63) is 65.4 Å². The smallest absolute Gasteiger partial charge is 0.348 e. The molecule has 1 aliphatic rings. The van der Waals surface area contributed by atoms with Crippen molar-refractivity contribution in [1.29, 1.82) is 0 Å². The molecule has 0 spiro atoms. The minimum atomic E-state index is -1.22. The third-order valence-corrected chi connectivity index (χ3v) is 4.43. The first-order valence-corrected chi connectivity index (χ1v) is 8.76. The number of allylic oxidation sites excluding steroid dienone is 4. The number of hydrogen-bond donors (Lipinski definition) is 1. The van der Waals surface area contributed by atoms with Crippen molar-refractivity contribution >= 4 is 29.2 Å². The summed E-state index contributed by atoms with van der Waals surface area (Å²) in [6.07, 6.45) is 8.78. The number of carbonyl (C=O) groups is 2. The van der Waals surface area contributed by atoms with E-state index >= 15 is 0 Å². The zero-order chi connectivity index (χ0) is 19.2. The molecule has 0 saturated carbocycles. The molecule has 138 valence electrons. The summed E-state index contributed by atoms with van der Waals surface area (Å²) in [5, 5.41) is 3.69. The van der Waals surface area contributed by atoms with E-state index in [0.29, 0.717) is 5.02 Å². The number of rotatable bonds is 6. The number of esters is 2. The van der Waals surface area contributed by atoms with Gasteiger partial charge in [-0.25, -0.2) is 9.59 Å². The van der Waals surface area contributed by atoms with E-state index < -0.39 is 17.7 Å². The molecule has 1 fully saturated rings. The number of benzene rings is 1. The van der Waals surface area contributed by atoms with Crippen molar-refractivity contribution in [2.45, 2.75) is 33.0 Å². The van der Waals surface area contributed by atoms with Crippen LogP contribution in [0.1, 0.15) is 27.2 Å². The molecule has 1 saturated heterocycles. The fourth-order valence-electron chi connectivity index (χ4n) is 2.28. The lowest BCUT2D eigenvalue weighted by Crippen LogP contribution is -2.48. The number of cyclic esters (lactones) is 2. The average molecular weight is 376 g/mol. The number of hydrogen-bond acceptors (Lipinski definition) is 5. The van der Waals surface area contributed by atoms with Gasteiger partial charge in [0.2, 0.25) is 0 Å². The van der Waals surface area contributed by atoms with Crippen molar-refractivity contribution in [3.8, 4) is 0 Å². The molecule has 0 amide bonds. The van der Waals surface area contributed by atoms with E-state index in [0.717, 1.165) is 12.1 Å². The van der Waals surface area contributed by atoms with Crippen LogP contribution in [0.25, 0.3) is 0 Å². The fourth-order valence-corrected chi connectivity index (χ4v) is 2.47. The van der Waals surface area contributed by atoms with Crippen LogP contribution in [-0.2, 0) is 19.1 Å². The highest BCUT2D eigenvalue weighted by Crippen LogP contribution is 2.31. The Hall–Kier alpha value is -2.53. The summed E-state index contributed by atoms with van der Waals surface area (Å²) < 4.78 is 10.7. The Morgan fingerprint density at radius 1 is 1.19 bits per heavy atom. The van der Waals surface area contributed by atoms with Gasteiger partial charge in [-0.05, 0) is 36.8 Å². The van der Waals surface area contributed by atoms with E-state index in [-0.39, 0.29) is 11.5 Å². The lowest BCUT2D eigenvalue weighted by molar-refractivity contribution is -0.245. The lowest BCUT2D eigenvalue weighted by atomic mass is 9.98. The van der Waals surface area contributed by atoms with Crippen molar-refractivity contribution in [2.24, 2.45) is 5.92 Å². The average Bonchev–Trinajstić information content (AvgIpc) is 2.59. The Labute approximate surface area is 158 Å². The quantitative estimate of drug-likeness (QED) is 0.340. The highest BCUT2D eigenvalue weighted by molar-refractivity contribution is 6.30. The van der Waals surface area contributed by atoms with Gasteiger partial charge in [-0.2, -0.15) is 0 Å². The second-order valence-corrected chi connectivity index (χ2v) is 6.52. The van der Waals surface area contributed by atoms with Crippen LogP contribution < -0.4 is 5.32 Å². The number of anilines is 1. The maximum atomic E-state index is 12.1. The molecule has 1 atom stereocenters. The standard InChI is InChI=1S/C20H22ClNO4/c1-4-14(2)20(3)25-18(23)17(19(24)26-20)11-6-5-7-12-22-16-10-8-9-15(21)13-16/h5-14,22H,4H2,1-3H3/b6-5+,12-7+,17-11?. The summed E-state index contributed by atoms with van der Waals surface area (Å²) in [7, 11) is 0. The first kappa shape index (κ1) is 19.8. The van der Waals surface area contributed by atoms with Crippen molar-refractivity contribution in [3.63, 3.8) is 0 Å². The molecule has 0 aromatic heterocycles. The van der Waals surface area contributed by atoms with E-state index in [1.165, 1.54) is 6.08 Å². The molecule has 26 heavy (non-hydrogen) atoms. The Kier molecular flexibility index (Phi) is 6.64. The van der Waals surface area contributed by atoms with Gasteiger partial charge in [0.05, 0.1) is 0 Å². The van der Waals surface area contributed by atoms with E-state index in [1.807, 2.05) is 26.0 Å². The predicted molar refractivity (Wildman–Crippen MR) is 101 cm³/mol. The van der Waals surface area contributed by atoms with Gasteiger partial charge < -0.3 is 14.8 Å². The Balaban J connectivity index is 1.95. The molecule has 1 heterocycles. The minimum absolute atomic E-state index is 0.0898. The van der Waals surface area contributed by atoms with Crippen molar-refractivity contribution in [1.82, 2.24) is 0 Å². The van der Waals surface area contributed by atoms with Crippen LogP contribution in [0.5, 0.6) is 0 Å².